The Morgan fingerprint density at radius 1 is 1.67 bits per heavy atom. The van der Waals surface area contributed by atoms with Crippen molar-refractivity contribution in [3.8, 4) is 0 Å². The van der Waals surface area contributed by atoms with Crippen LogP contribution in [0.4, 0.5) is 4.39 Å². The Bertz CT molecular complexity index is 107. The fourth-order valence-corrected chi connectivity index (χ4v) is 0.460. The van der Waals surface area contributed by atoms with Crippen LogP contribution in [0.1, 0.15) is 1.43 Å². The van der Waals surface area contributed by atoms with Crippen LogP contribution in [0.2, 0.25) is 0 Å². The van der Waals surface area contributed by atoms with Gasteiger partial charge in [0, 0.05) is 0 Å². The van der Waals surface area contributed by atoms with Crippen molar-refractivity contribution in [2.45, 2.75) is 0 Å². The molecule has 0 radical (unpaired) electrons. The van der Waals surface area contributed by atoms with Crippen molar-refractivity contribution >= 4 is 7.82 Å². The predicted molar refractivity (Wildman–Crippen MR) is 25.1 cm³/mol. The molecule has 0 aliphatic rings. The van der Waals surface area contributed by atoms with E-state index < -0.39 is 21.1 Å². The van der Waals surface area contributed by atoms with Crippen LogP contribution in [0.15, 0.2) is 0 Å². The van der Waals surface area contributed by atoms with Gasteiger partial charge in [-0.1, -0.05) is 0 Å². The molecule has 0 aliphatic carbocycles. The van der Waals surface area contributed by atoms with E-state index in [-0.39, 0.29) is 20.3 Å². The number of hydrogen-bond acceptors (Lipinski definition) is 2. The normalized spacial score (nSPS) is 10.6. The van der Waals surface area contributed by atoms with E-state index in [1.54, 1.807) is 0 Å². The van der Waals surface area contributed by atoms with Crippen LogP contribution in [0.5, 0.6) is 0 Å². The minimum Gasteiger partial charge on any atom is -1.00 e. The average molecular weight is 152 g/mol. The molecule has 0 bridgehead atoms. The van der Waals surface area contributed by atoms with Gasteiger partial charge in [-0.25, -0.2) is 8.96 Å². The van der Waals surface area contributed by atoms with Crippen molar-refractivity contribution in [1.29, 1.82) is 0 Å². The van der Waals surface area contributed by atoms with E-state index in [0.717, 1.165) is 0 Å². The summed E-state index contributed by atoms with van der Waals surface area (Å²) in [5, 5.41) is 0. The molecule has 0 aliphatic heterocycles. The summed E-state index contributed by atoms with van der Waals surface area (Å²) in [7, 11) is -4.42. The van der Waals surface area contributed by atoms with Gasteiger partial charge < -0.3 is 11.2 Å². The van der Waals surface area contributed by atoms with Crippen molar-refractivity contribution in [3.63, 3.8) is 0 Å². The number of hydrogen-bond donors (Lipinski definition) is 2. The van der Waals surface area contributed by atoms with Crippen LogP contribution in [0.3, 0.4) is 0 Å². The van der Waals surface area contributed by atoms with E-state index in [1.807, 2.05) is 0 Å². The third kappa shape index (κ3) is 12.0. The maximum absolute atomic E-state index is 11.1. The molecule has 0 saturated heterocycles. The molecular weight excluding hydrogens is 145 g/mol. The van der Waals surface area contributed by atoms with Crippen molar-refractivity contribution in [2.24, 2.45) is 0 Å². The number of phosphoric ester groups is 1. The summed E-state index contributed by atoms with van der Waals surface area (Å²) in [6.07, 6.45) is 0. The maximum atomic E-state index is 11.1. The fraction of sp³-hybridized carbons (Fsp3) is 1.00. The summed E-state index contributed by atoms with van der Waals surface area (Å²) in [5.41, 5.74) is 0. The zero-order valence-electron chi connectivity index (χ0n) is 5.95. The average Bonchev–Trinajstić information content (AvgIpc) is 1.59. The van der Waals surface area contributed by atoms with Gasteiger partial charge in [-0.05, 0) is 0 Å². The Morgan fingerprint density at radius 2 is 2.11 bits per heavy atom. The van der Waals surface area contributed by atoms with Crippen LogP contribution in [-0.4, -0.2) is 23.1 Å². The van der Waals surface area contributed by atoms with Crippen LogP contribution in [0, 0.1) is 0 Å². The molecule has 0 aromatic rings. The third-order valence-corrected chi connectivity index (χ3v) is 0.856. The quantitative estimate of drug-likeness (QED) is 0.338. The SMILES string of the molecule is O=P(O)(O)OCCF.[H-].[Li+]. The van der Waals surface area contributed by atoms with Crippen LogP contribution in [0.25, 0.3) is 0 Å². The van der Waals surface area contributed by atoms with E-state index in [1.165, 1.54) is 0 Å². The molecule has 2 N–H and O–H groups in total. The minimum absolute atomic E-state index is 0. The number of phosphoric acid groups is 1. The monoisotopic (exact) mass is 152 g/mol. The Morgan fingerprint density at radius 3 is 2.22 bits per heavy atom. The first kappa shape index (κ1) is 12.3. The summed E-state index contributed by atoms with van der Waals surface area (Å²) in [6, 6.07) is 0. The minimum atomic E-state index is -4.42. The van der Waals surface area contributed by atoms with E-state index in [9.17, 15) is 8.96 Å². The zero-order valence-corrected chi connectivity index (χ0v) is 5.84. The summed E-state index contributed by atoms with van der Waals surface area (Å²) < 4.78 is 24.4. The molecule has 4 nitrogen and oxygen atoms in total. The molecule has 0 amide bonds. The molecule has 0 aromatic heterocycles. The molecule has 0 rings (SSSR count). The second-order valence-electron chi connectivity index (χ2n) is 1.01. The van der Waals surface area contributed by atoms with E-state index in [2.05, 4.69) is 4.52 Å². The van der Waals surface area contributed by atoms with Gasteiger partial charge in [0.05, 0.1) is 6.61 Å². The third-order valence-electron chi connectivity index (χ3n) is 0.337. The molecule has 0 unspecified atom stereocenters. The molecule has 7 heteroatoms. The largest absolute Gasteiger partial charge is 1.00 e. The smallest absolute Gasteiger partial charge is 1.00 e. The van der Waals surface area contributed by atoms with Gasteiger partial charge in [-0.15, -0.1) is 0 Å². The molecule has 52 valence electrons. The van der Waals surface area contributed by atoms with Crippen LogP contribution >= 0.6 is 7.82 Å². The van der Waals surface area contributed by atoms with Gasteiger partial charge in [0.15, 0.2) is 0 Å². The van der Waals surface area contributed by atoms with Gasteiger partial charge in [-0.3, -0.25) is 4.52 Å². The first-order valence-electron chi connectivity index (χ1n) is 1.82. The molecule has 0 aromatic carbocycles. The molecule has 9 heavy (non-hydrogen) atoms. The van der Waals surface area contributed by atoms with Gasteiger partial charge in [0.1, 0.15) is 6.67 Å². The summed E-state index contributed by atoms with van der Waals surface area (Å²) in [6.45, 7) is -1.44. The van der Waals surface area contributed by atoms with Crippen molar-refractivity contribution < 1.29 is 43.6 Å². The zero-order chi connectivity index (χ0) is 6.62. The summed E-state index contributed by atoms with van der Waals surface area (Å²) in [4.78, 5) is 15.7. The van der Waals surface area contributed by atoms with Crippen molar-refractivity contribution in [3.05, 3.63) is 0 Å². The Hall–Kier alpha value is 0.637. The molecule has 0 spiro atoms. The van der Waals surface area contributed by atoms with Gasteiger partial charge in [-0.2, -0.15) is 0 Å². The molecular formula is C2H7FLiO4P. The Balaban J connectivity index is -0.000000245. The standard InChI is InChI=1S/C2H6FO4P.Li.H/c3-1-2-7-8(4,5)6;;/h1-2H2,(H2,4,5,6);;/q;+1;-1. The van der Waals surface area contributed by atoms with E-state index >= 15 is 0 Å². The van der Waals surface area contributed by atoms with Crippen LogP contribution < -0.4 is 18.9 Å². The predicted octanol–water partition coefficient (Wildman–Crippen LogP) is -2.82. The second kappa shape index (κ2) is 5.42. The summed E-state index contributed by atoms with van der Waals surface area (Å²) >= 11 is 0. The molecule has 0 atom stereocenters. The Labute approximate surface area is 65.3 Å². The molecule has 0 fully saturated rings. The Kier molecular flexibility index (Phi) is 7.43. The van der Waals surface area contributed by atoms with E-state index in [0.29, 0.717) is 0 Å². The van der Waals surface area contributed by atoms with Gasteiger partial charge in [0.2, 0.25) is 0 Å². The first-order valence-corrected chi connectivity index (χ1v) is 3.35. The number of alkyl halides is 1. The number of rotatable bonds is 3. The van der Waals surface area contributed by atoms with Crippen molar-refractivity contribution in [2.75, 3.05) is 13.3 Å². The van der Waals surface area contributed by atoms with Gasteiger partial charge in [0.25, 0.3) is 0 Å². The maximum Gasteiger partial charge on any atom is 1.00 e. The van der Waals surface area contributed by atoms with Crippen LogP contribution in [-0.2, 0) is 9.09 Å². The van der Waals surface area contributed by atoms with E-state index in [4.69, 9.17) is 9.79 Å². The summed E-state index contributed by atoms with van der Waals surface area (Å²) in [5.74, 6) is 0. The molecule has 0 heterocycles. The van der Waals surface area contributed by atoms with Crippen molar-refractivity contribution in [1.82, 2.24) is 0 Å². The number of halogens is 1. The first-order chi connectivity index (χ1) is 3.56. The molecule has 0 saturated carbocycles. The van der Waals surface area contributed by atoms with Gasteiger partial charge >= 0.3 is 26.7 Å². The fourth-order valence-electron chi connectivity index (χ4n) is 0.153. The topological polar surface area (TPSA) is 66.8 Å². The second-order valence-corrected chi connectivity index (χ2v) is 2.25.